The van der Waals surface area contributed by atoms with Gasteiger partial charge in [0.1, 0.15) is 5.75 Å². The van der Waals surface area contributed by atoms with Gasteiger partial charge in [0.2, 0.25) is 0 Å². The zero-order chi connectivity index (χ0) is 17.9. The van der Waals surface area contributed by atoms with Gasteiger partial charge in [-0.25, -0.2) is 0 Å². The van der Waals surface area contributed by atoms with Gasteiger partial charge in [0, 0.05) is 27.7 Å². The Bertz CT molecular complexity index is 721. The smallest absolute Gasteiger partial charge is 0.254 e. The average molecular weight is 366 g/mol. The van der Waals surface area contributed by atoms with Crippen molar-refractivity contribution < 1.29 is 9.53 Å². The first-order valence-corrected chi connectivity index (χ1v) is 8.38. The molecule has 0 saturated heterocycles. The van der Waals surface area contributed by atoms with Crippen molar-refractivity contribution in [1.82, 2.24) is 4.90 Å². The lowest BCUT2D eigenvalue weighted by atomic mass is 10.0. The molecular formula is C19H21Cl2NO2. The van der Waals surface area contributed by atoms with E-state index in [0.29, 0.717) is 22.2 Å². The zero-order valence-electron chi connectivity index (χ0n) is 14.3. The number of ether oxygens (including phenoxy) is 1. The van der Waals surface area contributed by atoms with Gasteiger partial charge in [-0.2, -0.15) is 0 Å². The first-order valence-electron chi connectivity index (χ1n) is 7.62. The SMILES string of the molecule is COc1ccc(C(=O)N(Cc2ccc(Cl)cc2Cl)C(C)(C)C)cc1. The third kappa shape index (κ3) is 4.43. The summed E-state index contributed by atoms with van der Waals surface area (Å²) in [7, 11) is 1.60. The van der Waals surface area contributed by atoms with Crippen molar-refractivity contribution in [2.75, 3.05) is 7.11 Å². The quantitative estimate of drug-likeness (QED) is 0.721. The Morgan fingerprint density at radius 3 is 2.21 bits per heavy atom. The molecule has 0 bridgehead atoms. The molecule has 3 nitrogen and oxygen atoms in total. The molecule has 0 fully saturated rings. The van der Waals surface area contributed by atoms with E-state index in [1.807, 2.05) is 26.8 Å². The van der Waals surface area contributed by atoms with E-state index in [1.165, 1.54) is 0 Å². The first-order chi connectivity index (χ1) is 11.2. The summed E-state index contributed by atoms with van der Waals surface area (Å²) >= 11 is 12.2. The van der Waals surface area contributed by atoms with Gasteiger partial charge in [-0.3, -0.25) is 4.79 Å². The molecule has 24 heavy (non-hydrogen) atoms. The van der Waals surface area contributed by atoms with E-state index in [0.717, 1.165) is 11.3 Å². The number of nitrogens with zero attached hydrogens (tertiary/aromatic N) is 1. The molecule has 0 aromatic heterocycles. The lowest BCUT2D eigenvalue weighted by Gasteiger charge is -2.36. The van der Waals surface area contributed by atoms with Gasteiger partial charge in [0.05, 0.1) is 7.11 Å². The summed E-state index contributed by atoms with van der Waals surface area (Å²) in [6.45, 7) is 6.40. The maximum Gasteiger partial charge on any atom is 0.254 e. The number of amides is 1. The van der Waals surface area contributed by atoms with E-state index in [9.17, 15) is 4.79 Å². The van der Waals surface area contributed by atoms with Gasteiger partial charge in [-0.05, 0) is 62.7 Å². The number of hydrogen-bond donors (Lipinski definition) is 0. The number of halogens is 2. The molecule has 1 amide bonds. The minimum atomic E-state index is -0.361. The predicted octanol–water partition coefficient (Wildman–Crippen LogP) is 5.44. The van der Waals surface area contributed by atoms with Crippen LogP contribution in [0.25, 0.3) is 0 Å². The average Bonchev–Trinajstić information content (AvgIpc) is 2.52. The van der Waals surface area contributed by atoms with E-state index < -0.39 is 0 Å². The lowest BCUT2D eigenvalue weighted by Crippen LogP contribution is -2.45. The molecule has 128 valence electrons. The van der Waals surface area contributed by atoms with Crippen LogP contribution in [0, 0.1) is 0 Å². The van der Waals surface area contributed by atoms with Crippen LogP contribution in [-0.4, -0.2) is 23.5 Å². The van der Waals surface area contributed by atoms with Gasteiger partial charge < -0.3 is 9.64 Å². The van der Waals surface area contributed by atoms with Crippen molar-refractivity contribution in [3.05, 3.63) is 63.6 Å². The van der Waals surface area contributed by atoms with E-state index in [2.05, 4.69) is 0 Å². The molecule has 0 atom stereocenters. The Balaban J connectivity index is 2.32. The number of methoxy groups -OCH3 is 1. The molecule has 0 saturated carbocycles. The van der Waals surface area contributed by atoms with Crippen LogP contribution in [0.1, 0.15) is 36.7 Å². The number of rotatable bonds is 4. The van der Waals surface area contributed by atoms with Gasteiger partial charge in [0.25, 0.3) is 5.91 Å². The molecule has 0 heterocycles. The molecule has 0 aliphatic rings. The van der Waals surface area contributed by atoms with E-state index >= 15 is 0 Å². The Kier molecular flexibility index (Phi) is 5.79. The minimum Gasteiger partial charge on any atom is -0.497 e. The third-order valence-corrected chi connectivity index (χ3v) is 4.32. The summed E-state index contributed by atoms with van der Waals surface area (Å²) in [5.74, 6) is 0.658. The largest absolute Gasteiger partial charge is 0.497 e. The van der Waals surface area contributed by atoms with Crippen molar-refractivity contribution in [3.8, 4) is 5.75 Å². The molecule has 5 heteroatoms. The first kappa shape index (κ1) is 18.6. The van der Waals surface area contributed by atoms with Crippen molar-refractivity contribution >= 4 is 29.1 Å². The summed E-state index contributed by atoms with van der Waals surface area (Å²) in [6.07, 6.45) is 0. The van der Waals surface area contributed by atoms with Crippen molar-refractivity contribution in [1.29, 1.82) is 0 Å². The fourth-order valence-corrected chi connectivity index (χ4v) is 2.79. The standard InChI is InChI=1S/C19H21Cl2NO2/c1-19(2,3)22(12-14-5-8-15(20)11-17(14)21)18(23)13-6-9-16(24-4)10-7-13/h5-11H,12H2,1-4H3. The number of benzene rings is 2. The number of carbonyl (C=O) groups excluding carboxylic acids is 1. The number of hydrogen-bond acceptors (Lipinski definition) is 2. The molecule has 0 aliphatic carbocycles. The monoisotopic (exact) mass is 365 g/mol. The van der Waals surface area contributed by atoms with Crippen LogP contribution in [0.5, 0.6) is 5.75 Å². The Morgan fingerprint density at radius 1 is 1.08 bits per heavy atom. The molecule has 2 aromatic carbocycles. The summed E-state index contributed by atoms with van der Waals surface area (Å²) in [4.78, 5) is 14.8. The van der Waals surface area contributed by atoms with Crippen LogP contribution >= 0.6 is 23.2 Å². The highest BCUT2D eigenvalue weighted by atomic mass is 35.5. The molecule has 0 aliphatic heterocycles. The number of carbonyl (C=O) groups is 1. The maximum atomic E-state index is 13.0. The van der Waals surface area contributed by atoms with Crippen molar-refractivity contribution in [2.24, 2.45) is 0 Å². The van der Waals surface area contributed by atoms with Crippen LogP contribution in [0.15, 0.2) is 42.5 Å². The van der Waals surface area contributed by atoms with Crippen molar-refractivity contribution in [2.45, 2.75) is 32.9 Å². The van der Waals surface area contributed by atoms with Crippen LogP contribution in [0.2, 0.25) is 10.0 Å². The third-order valence-electron chi connectivity index (χ3n) is 3.74. The van der Waals surface area contributed by atoms with Gasteiger partial charge in [-0.15, -0.1) is 0 Å². The zero-order valence-corrected chi connectivity index (χ0v) is 15.8. The summed E-state index contributed by atoms with van der Waals surface area (Å²) in [5, 5.41) is 1.13. The van der Waals surface area contributed by atoms with Gasteiger partial charge in [0.15, 0.2) is 0 Å². The molecule has 2 aromatic rings. The fourth-order valence-electron chi connectivity index (χ4n) is 2.32. The molecule has 0 unspecified atom stereocenters. The second-order valence-corrected chi connectivity index (χ2v) is 7.37. The highest BCUT2D eigenvalue weighted by molar-refractivity contribution is 6.35. The van der Waals surface area contributed by atoms with E-state index in [1.54, 1.807) is 48.4 Å². The predicted molar refractivity (Wildman–Crippen MR) is 99.1 cm³/mol. The van der Waals surface area contributed by atoms with E-state index in [-0.39, 0.29) is 11.4 Å². The molecule has 0 spiro atoms. The Morgan fingerprint density at radius 2 is 1.71 bits per heavy atom. The second kappa shape index (κ2) is 7.45. The lowest BCUT2D eigenvalue weighted by molar-refractivity contribution is 0.0559. The summed E-state index contributed by atoms with van der Waals surface area (Å²) in [5.41, 5.74) is 1.11. The van der Waals surface area contributed by atoms with E-state index in [4.69, 9.17) is 27.9 Å². The second-order valence-electron chi connectivity index (χ2n) is 6.53. The maximum absolute atomic E-state index is 13.0. The fraction of sp³-hybridized carbons (Fsp3) is 0.316. The van der Waals surface area contributed by atoms with Crippen LogP contribution in [-0.2, 0) is 6.54 Å². The highest BCUT2D eigenvalue weighted by Crippen LogP contribution is 2.27. The highest BCUT2D eigenvalue weighted by Gasteiger charge is 2.28. The molecule has 0 N–H and O–H groups in total. The van der Waals surface area contributed by atoms with Gasteiger partial charge in [-0.1, -0.05) is 29.3 Å². The Hall–Kier alpha value is -1.71. The van der Waals surface area contributed by atoms with Crippen molar-refractivity contribution in [3.63, 3.8) is 0 Å². The normalized spacial score (nSPS) is 11.2. The molecular weight excluding hydrogens is 345 g/mol. The Labute approximate surface area is 153 Å². The summed E-state index contributed by atoms with van der Waals surface area (Å²) in [6, 6.07) is 12.4. The van der Waals surface area contributed by atoms with Crippen LogP contribution in [0.4, 0.5) is 0 Å². The summed E-state index contributed by atoms with van der Waals surface area (Å²) < 4.78 is 5.14. The van der Waals surface area contributed by atoms with Crippen LogP contribution in [0.3, 0.4) is 0 Å². The minimum absolute atomic E-state index is 0.0591. The molecule has 0 radical (unpaired) electrons. The van der Waals surface area contributed by atoms with Crippen LogP contribution < -0.4 is 4.74 Å². The van der Waals surface area contributed by atoms with Gasteiger partial charge >= 0.3 is 0 Å². The topological polar surface area (TPSA) is 29.5 Å². The molecule has 2 rings (SSSR count).